The molecule has 0 heterocycles. The lowest BCUT2D eigenvalue weighted by atomic mass is 9.90. The van der Waals surface area contributed by atoms with Crippen molar-refractivity contribution >= 4 is 19.5 Å². The second-order valence-electron chi connectivity index (χ2n) is 7.95. The van der Waals surface area contributed by atoms with Crippen molar-refractivity contribution in [2.24, 2.45) is 5.92 Å². The lowest BCUT2D eigenvalue weighted by Gasteiger charge is -2.28. The van der Waals surface area contributed by atoms with E-state index in [1.165, 1.54) is 50.5 Å². The normalized spacial score (nSPS) is 14.6. The molecule has 0 aromatic heterocycles. The monoisotopic (exact) mass is 459 g/mol. The largest absolute Gasteiger partial charge is 0.780 e. The van der Waals surface area contributed by atoms with Gasteiger partial charge >= 0.3 is 0 Å². The highest BCUT2D eigenvalue weighted by Gasteiger charge is 2.16. The van der Waals surface area contributed by atoms with Crippen molar-refractivity contribution in [1.29, 1.82) is 0 Å². The molecule has 0 atom stereocenters. The summed E-state index contributed by atoms with van der Waals surface area (Å²) in [6.45, 7) is 2.28. The van der Waals surface area contributed by atoms with E-state index in [0.29, 0.717) is 23.8 Å². The molecule has 0 saturated heterocycles. The van der Waals surface area contributed by atoms with Gasteiger partial charge in [0.15, 0.2) is 5.78 Å². The molecule has 2 aromatic rings. The highest BCUT2D eigenvalue weighted by Crippen LogP contribution is 2.29. The van der Waals surface area contributed by atoms with Crippen LogP contribution in [0.3, 0.4) is 0 Å². The first kappa shape index (κ1) is 24.0. The molecular formula is C23H26NO7P-2. The van der Waals surface area contributed by atoms with Crippen molar-refractivity contribution < 1.29 is 33.2 Å². The Labute approximate surface area is 187 Å². The molecule has 0 unspecified atom stereocenters. The van der Waals surface area contributed by atoms with Gasteiger partial charge in [0.25, 0.3) is 5.91 Å². The van der Waals surface area contributed by atoms with Gasteiger partial charge in [0.2, 0.25) is 0 Å². The van der Waals surface area contributed by atoms with E-state index in [1.54, 1.807) is 18.2 Å². The third kappa shape index (κ3) is 7.19. The second kappa shape index (κ2) is 10.8. The van der Waals surface area contributed by atoms with Crippen molar-refractivity contribution in [2.45, 2.75) is 45.6 Å². The van der Waals surface area contributed by atoms with Crippen LogP contribution in [-0.4, -0.2) is 18.3 Å². The molecule has 0 aliphatic heterocycles. The Balaban J connectivity index is 1.59. The van der Waals surface area contributed by atoms with Gasteiger partial charge in [-0.2, -0.15) is 0 Å². The van der Waals surface area contributed by atoms with E-state index in [0.717, 1.165) is 18.4 Å². The minimum absolute atomic E-state index is 0.110. The number of ether oxygens (including phenoxy) is 1. The van der Waals surface area contributed by atoms with Gasteiger partial charge in [-0.05, 0) is 67.6 Å². The summed E-state index contributed by atoms with van der Waals surface area (Å²) in [5, 5.41) is 2.74. The zero-order valence-corrected chi connectivity index (χ0v) is 18.8. The second-order valence-corrected chi connectivity index (χ2v) is 9.02. The standard InChI is InChI=1S/C23H28NO7P/c1-16(25)21-13-18(7-12-22(21)30-15-17-5-3-2-4-6-17)14-24-23(26)19-8-10-20(11-9-19)31-32(27,28)29/h7-13,17H,2-6,14-15H2,1H3,(H,24,26)(H2,27,28,29)/p-2. The van der Waals surface area contributed by atoms with Crippen molar-refractivity contribution in [1.82, 2.24) is 5.32 Å². The molecule has 9 heteroatoms. The molecule has 1 aliphatic rings. The first-order valence-electron chi connectivity index (χ1n) is 10.6. The Bertz CT molecular complexity index is 994. The van der Waals surface area contributed by atoms with E-state index in [1.807, 2.05) is 0 Å². The van der Waals surface area contributed by atoms with E-state index in [-0.39, 0.29) is 23.6 Å². The summed E-state index contributed by atoms with van der Waals surface area (Å²) >= 11 is 0. The molecule has 1 aliphatic carbocycles. The van der Waals surface area contributed by atoms with Crippen LogP contribution < -0.4 is 24.4 Å². The Morgan fingerprint density at radius 1 is 1.06 bits per heavy atom. The molecule has 1 N–H and O–H groups in total. The van der Waals surface area contributed by atoms with Crippen molar-refractivity contribution in [3.63, 3.8) is 0 Å². The maximum Gasteiger partial charge on any atom is 0.251 e. The summed E-state index contributed by atoms with van der Waals surface area (Å²) in [6, 6.07) is 10.4. The summed E-state index contributed by atoms with van der Waals surface area (Å²) in [4.78, 5) is 45.7. The van der Waals surface area contributed by atoms with E-state index >= 15 is 0 Å². The van der Waals surface area contributed by atoms with Gasteiger partial charge in [-0.1, -0.05) is 25.3 Å². The maximum atomic E-state index is 12.4. The van der Waals surface area contributed by atoms with Crippen molar-refractivity contribution in [3.05, 3.63) is 59.2 Å². The van der Waals surface area contributed by atoms with Crippen LogP contribution in [0.5, 0.6) is 11.5 Å². The van der Waals surface area contributed by atoms with Crippen LogP contribution in [0.2, 0.25) is 0 Å². The number of nitrogens with one attached hydrogen (secondary N) is 1. The molecule has 2 aromatic carbocycles. The van der Waals surface area contributed by atoms with Crippen molar-refractivity contribution in [2.75, 3.05) is 6.61 Å². The van der Waals surface area contributed by atoms with Crippen LogP contribution in [0.4, 0.5) is 0 Å². The Hall–Kier alpha value is -2.67. The minimum atomic E-state index is -5.15. The summed E-state index contributed by atoms with van der Waals surface area (Å²) < 4.78 is 20.8. The fourth-order valence-corrected chi connectivity index (χ4v) is 4.11. The first-order valence-corrected chi connectivity index (χ1v) is 12.0. The molecule has 1 fully saturated rings. The Morgan fingerprint density at radius 3 is 2.38 bits per heavy atom. The Kier molecular flexibility index (Phi) is 8.07. The molecule has 3 rings (SSSR count). The Morgan fingerprint density at radius 2 is 1.75 bits per heavy atom. The van der Waals surface area contributed by atoms with E-state index in [4.69, 9.17) is 4.74 Å². The molecule has 1 saturated carbocycles. The zero-order chi connectivity index (χ0) is 23.1. The molecule has 32 heavy (non-hydrogen) atoms. The highest BCUT2D eigenvalue weighted by atomic mass is 31.2. The van der Waals surface area contributed by atoms with Gasteiger partial charge in [0, 0.05) is 12.1 Å². The van der Waals surface area contributed by atoms with Crippen LogP contribution in [0.25, 0.3) is 0 Å². The minimum Gasteiger partial charge on any atom is -0.780 e. The lowest BCUT2D eigenvalue weighted by molar-refractivity contribution is -0.333. The molecule has 8 nitrogen and oxygen atoms in total. The number of hydrogen-bond donors (Lipinski definition) is 1. The SMILES string of the molecule is CC(=O)c1cc(CNC(=O)c2ccc(OP(=O)([O-])[O-])cc2)ccc1OCC1CCCCC1. The van der Waals surface area contributed by atoms with E-state index < -0.39 is 13.7 Å². The van der Waals surface area contributed by atoms with Gasteiger partial charge < -0.3 is 28.9 Å². The number of amides is 1. The van der Waals surface area contributed by atoms with Gasteiger partial charge in [0.05, 0.1) is 12.2 Å². The number of phosphoric ester groups is 1. The zero-order valence-electron chi connectivity index (χ0n) is 17.9. The number of ketones is 1. The topological polar surface area (TPSA) is 128 Å². The number of rotatable bonds is 9. The number of benzene rings is 2. The number of carbonyl (C=O) groups excluding carboxylic acids is 2. The van der Waals surface area contributed by atoms with Gasteiger partial charge in [-0.15, -0.1) is 0 Å². The summed E-state index contributed by atoms with van der Waals surface area (Å²) in [5.74, 6) is 0.411. The van der Waals surface area contributed by atoms with Crippen LogP contribution in [-0.2, 0) is 11.1 Å². The number of Topliss-reactive ketones (excluding diaryl/α,β-unsaturated/α-hetero) is 1. The highest BCUT2D eigenvalue weighted by molar-refractivity contribution is 7.43. The van der Waals surface area contributed by atoms with E-state index in [2.05, 4.69) is 9.84 Å². The lowest BCUT2D eigenvalue weighted by Crippen LogP contribution is -2.23. The molecule has 0 radical (unpaired) electrons. The molecular weight excluding hydrogens is 433 g/mol. The van der Waals surface area contributed by atoms with Crippen LogP contribution in [0, 0.1) is 5.92 Å². The molecule has 1 amide bonds. The van der Waals surface area contributed by atoms with Crippen molar-refractivity contribution in [3.8, 4) is 11.5 Å². The van der Waals surface area contributed by atoms with Gasteiger partial charge in [0.1, 0.15) is 19.3 Å². The van der Waals surface area contributed by atoms with Crippen LogP contribution in [0.15, 0.2) is 42.5 Å². The third-order valence-electron chi connectivity index (χ3n) is 5.41. The average molecular weight is 459 g/mol. The maximum absolute atomic E-state index is 12.4. The summed E-state index contributed by atoms with van der Waals surface area (Å²) in [7, 11) is -5.15. The smallest absolute Gasteiger partial charge is 0.251 e. The molecule has 172 valence electrons. The van der Waals surface area contributed by atoms with Gasteiger partial charge in [-0.25, -0.2) is 0 Å². The van der Waals surface area contributed by atoms with Crippen LogP contribution >= 0.6 is 7.82 Å². The quantitative estimate of drug-likeness (QED) is 0.451. The fourth-order valence-electron chi connectivity index (χ4n) is 3.73. The summed E-state index contributed by atoms with van der Waals surface area (Å²) in [6.07, 6.45) is 6.02. The first-order chi connectivity index (χ1) is 15.2. The van der Waals surface area contributed by atoms with Gasteiger partial charge in [-0.3, -0.25) is 9.59 Å². The van der Waals surface area contributed by atoms with E-state index in [9.17, 15) is 23.9 Å². The fraction of sp³-hybridized carbons (Fsp3) is 0.391. The average Bonchev–Trinajstić information content (AvgIpc) is 2.76. The predicted molar refractivity (Wildman–Crippen MR) is 114 cm³/mol. The molecule has 0 bridgehead atoms. The van der Waals surface area contributed by atoms with Crippen LogP contribution in [0.1, 0.15) is 65.3 Å². The predicted octanol–water partition coefficient (Wildman–Crippen LogP) is 2.99. The molecule has 0 spiro atoms. The summed E-state index contributed by atoms with van der Waals surface area (Å²) in [5.41, 5.74) is 1.49. The number of phosphoric acid groups is 1. The number of hydrogen-bond acceptors (Lipinski definition) is 7. The number of carbonyl (C=O) groups is 2. The third-order valence-corrected chi connectivity index (χ3v) is 5.84.